The maximum absolute atomic E-state index is 13.1. The average molecular weight is 383 g/mol. The van der Waals surface area contributed by atoms with Gasteiger partial charge in [-0.3, -0.25) is 0 Å². The molecule has 1 aromatic carbocycles. The Labute approximate surface area is 161 Å². The van der Waals surface area contributed by atoms with Crippen LogP contribution in [0.4, 0.5) is 21.0 Å². The molecule has 1 aliphatic rings. The summed E-state index contributed by atoms with van der Waals surface area (Å²) in [6, 6.07) is 6.47. The van der Waals surface area contributed by atoms with Crippen molar-refractivity contribution in [3.05, 3.63) is 48.6 Å². The number of hydrogen-bond acceptors (Lipinski definition) is 6. The minimum atomic E-state index is -0.271. The normalized spacial score (nSPS) is 21.3. The van der Waals surface area contributed by atoms with Crippen LogP contribution in [-0.4, -0.2) is 21.0 Å². The number of thiazole rings is 1. The molecule has 2 N–H and O–H groups in total. The molecule has 4 rings (SSSR count). The molecule has 2 aromatic heterocycles. The molecule has 0 saturated carbocycles. The first-order chi connectivity index (χ1) is 12.9. The number of nitrogens with one attached hydrogen (secondary N) is 2. The van der Waals surface area contributed by atoms with Crippen LogP contribution in [0.25, 0.3) is 10.3 Å². The van der Waals surface area contributed by atoms with Crippen LogP contribution in [-0.2, 0) is 0 Å². The van der Waals surface area contributed by atoms with Crippen molar-refractivity contribution in [1.29, 1.82) is 0 Å². The van der Waals surface area contributed by atoms with E-state index in [1.165, 1.54) is 29.8 Å². The molecule has 0 radical (unpaired) electrons. The fourth-order valence-corrected chi connectivity index (χ4v) is 4.44. The molecular formula is C20H22FN5S. The minimum Gasteiger partial charge on any atom is -0.358 e. The summed E-state index contributed by atoms with van der Waals surface area (Å²) < 4.78 is 13.1. The third kappa shape index (κ3) is 3.64. The zero-order chi connectivity index (χ0) is 19.0. The number of benzene rings is 1. The number of halogens is 1. The van der Waals surface area contributed by atoms with Crippen molar-refractivity contribution in [2.45, 2.75) is 33.2 Å². The zero-order valence-corrected chi connectivity index (χ0v) is 16.3. The second-order valence-corrected chi connectivity index (χ2v) is 8.56. The van der Waals surface area contributed by atoms with E-state index >= 15 is 0 Å². The van der Waals surface area contributed by atoms with E-state index in [1.54, 1.807) is 12.1 Å². The smallest absolute Gasteiger partial charge is 0.185 e. The first-order valence-corrected chi connectivity index (χ1v) is 9.82. The Kier molecular flexibility index (Phi) is 4.55. The molecule has 3 aromatic rings. The topological polar surface area (TPSA) is 62.7 Å². The number of hydrogen-bond donors (Lipinski definition) is 2. The maximum atomic E-state index is 13.1. The van der Waals surface area contributed by atoms with E-state index in [-0.39, 0.29) is 11.2 Å². The Morgan fingerprint density at radius 2 is 1.96 bits per heavy atom. The summed E-state index contributed by atoms with van der Waals surface area (Å²) in [6.45, 7) is 6.74. The lowest BCUT2D eigenvalue weighted by atomic mass is 9.73. The highest BCUT2D eigenvalue weighted by Crippen LogP contribution is 2.38. The molecule has 7 heteroatoms. The van der Waals surface area contributed by atoms with Gasteiger partial charge in [0.15, 0.2) is 15.8 Å². The van der Waals surface area contributed by atoms with Crippen LogP contribution in [0.5, 0.6) is 0 Å². The largest absolute Gasteiger partial charge is 0.358 e. The molecule has 1 aliphatic carbocycles. The second kappa shape index (κ2) is 6.88. The van der Waals surface area contributed by atoms with Gasteiger partial charge in [-0.1, -0.05) is 44.3 Å². The van der Waals surface area contributed by atoms with Crippen LogP contribution >= 0.6 is 11.3 Å². The maximum Gasteiger partial charge on any atom is 0.185 e. The van der Waals surface area contributed by atoms with Crippen molar-refractivity contribution >= 4 is 38.3 Å². The van der Waals surface area contributed by atoms with Crippen LogP contribution in [0.3, 0.4) is 0 Å². The Hall–Kier alpha value is -2.54. The predicted molar refractivity (Wildman–Crippen MR) is 109 cm³/mol. The standard InChI is InChI=1S/C20H22FN5S/c1-12-5-4-10-20(2,3)16(12)26-19-25-15-17(22-11-23-18(15)27-19)24-14-8-6-13(21)7-9-14/h4,6-12,16H,5H2,1-3H3,(H,25,26)(H,22,23,24)/t12?,16-/m0/s1. The van der Waals surface area contributed by atoms with E-state index in [1.807, 2.05) is 0 Å². The van der Waals surface area contributed by atoms with Crippen molar-refractivity contribution in [2.24, 2.45) is 11.3 Å². The summed E-state index contributed by atoms with van der Waals surface area (Å²) in [4.78, 5) is 14.2. The Balaban J connectivity index is 1.62. The molecule has 0 spiro atoms. The van der Waals surface area contributed by atoms with Crippen molar-refractivity contribution < 1.29 is 4.39 Å². The number of fused-ring (bicyclic) bond motifs is 1. The highest BCUT2D eigenvalue weighted by Gasteiger charge is 2.34. The summed E-state index contributed by atoms with van der Waals surface area (Å²) >= 11 is 1.52. The van der Waals surface area contributed by atoms with Gasteiger partial charge in [0.1, 0.15) is 17.7 Å². The van der Waals surface area contributed by atoms with E-state index in [4.69, 9.17) is 4.98 Å². The zero-order valence-electron chi connectivity index (χ0n) is 15.5. The predicted octanol–water partition coefficient (Wildman–Crippen LogP) is 5.37. The summed E-state index contributed by atoms with van der Waals surface area (Å²) in [7, 11) is 0. The average Bonchev–Trinajstić information content (AvgIpc) is 3.04. The van der Waals surface area contributed by atoms with Gasteiger partial charge in [0.2, 0.25) is 0 Å². The summed E-state index contributed by atoms with van der Waals surface area (Å²) in [5, 5.41) is 7.66. The van der Waals surface area contributed by atoms with Crippen LogP contribution in [0.1, 0.15) is 27.2 Å². The van der Waals surface area contributed by atoms with Crippen LogP contribution in [0.2, 0.25) is 0 Å². The van der Waals surface area contributed by atoms with Crippen molar-refractivity contribution in [3.63, 3.8) is 0 Å². The number of anilines is 3. The quantitative estimate of drug-likeness (QED) is 0.593. The van der Waals surface area contributed by atoms with Crippen LogP contribution in [0, 0.1) is 17.2 Å². The van der Waals surface area contributed by atoms with Crippen molar-refractivity contribution in [3.8, 4) is 0 Å². The molecule has 0 amide bonds. The van der Waals surface area contributed by atoms with Gasteiger partial charge in [0.05, 0.1) is 0 Å². The molecular weight excluding hydrogens is 361 g/mol. The third-order valence-corrected chi connectivity index (χ3v) is 5.90. The van der Waals surface area contributed by atoms with Crippen molar-refractivity contribution in [1.82, 2.24) is 15.0 Å². The number of rotatable bonds is 4. The first-order valence-electron chi connectivity index (χ1n) is 9.01. The van der Waals surface area contributed by atoms with Gasteiger partial charge in [-0.25, -0.2) is 19.3 Å². The lowest BCUT2D eigenvalue weighted by Gasteiger charge is -2.39. The van der Waals surface area contributed by atoms with Gasteiger partial charge in [-0.05, 0) is 36.6 Å². The third-order valence-electron chi connectivity index (χ3n) is 5.01. The van der Waals surface area contributed by atoms with Gasteiger partial charge < -0.3 is 10.6 Å². The molecule has 0 bridgehead atoms. The Bertz CT molecular complexity index is 980. The van der Waals surface area contributed by atoms with E-state index < -0.39 is 0 Å². The molecule has 5 nitrogen and oxygen atoms in total. The van der Waals surface area contributed by atoms with E-state index in [0.29, 0.717) is 23.3 Å². The SMILES string of the molecule is CC1CC=CC(C)(C)[C@H]1Nc1nc2c(Nc3ccc(F)cc3)ncnc2s1. The Morgan fingerprint density at radius 3 is 2.70 bits per heavy atom. The number of nitrogens with zero attached hydrogens (tertiary/aromatic N) is 3. The highest BCUT2D eigenvalue weighted by molar-refractivity contribution is 7.21. The van der Waals surface area contributed by atoms with Crippen LogP contribution < -0.4 is 10.6 Å². The molecule has 0 saturated heterocycles. The molecule has 1 unspecified atom stereocenters. The lowest BCUT2D eigenvalue weighted by molar-refractivity contribution is 0.290. The lowest BCUT2D eigenvalue weighted by Crippen LogP contribution is -2.42. The van der Waals surface area contributed by atoms with Crippen molar-refractivity contribution in [2.75, 3.05) is 10.6 Å². The van der Waals surface area contributed by atoms with E-state index in [2.05, 4.69) is 53.5 Å². The molecule has 2 heterocycles. The van der Waals surface area contributed by atoms with Gasteiger partial charge in [0, 0.05) is 17.1 Å². The van der Waals surface area contributed by atoms with E-state index in [9.17, 15) is 4.39 Å². The highest BCUT2D eigenvalue weighted by atomic mass is 32.1. The fraction of sp³-hybridized carbons (Fsp3) is 0.350. The van der Waals surface area contributed by atoms with E-state index in [0.717, 1.165) is 22.1 Å². The van der Waals surface area contributed by atoms with Gasteiger partial charge in [0.25, 0.3) is 0 Å². The van der Waals surface area contributed by atoms with Gasteiger partial charge >= 0.3 is 0 Å². The first kappa shape index (κ1) is 17.9. The number of allylic oxidation sites excluding steroid dienone is 1. The van der Waals surface area contributed by atoms with Gasteiger partial charge in [-0.15, -0.1) is 0 Å². The molecule has 2 atom stereocenters. The van der Waals surface area contributed by atoms with Gasteiger partial charge in [-0.2, -0.15) is 0 Å². The number of aromatic nitrogens is 3. The summed E-state index contributed by atoms with van der Waals surface area (Å²) in [5.74, 6) is 0.860. The summed E-state index contributed by atoms with van der Waals surface area (Å²) in [6.07, 6.45) is 7.12. The molecule has 27 heavy (non-hydrogen) atoms. The summed E-state index contributed by atoms with van der Waals surface area (Å²) in [5.41, 5.74) is 1.52. The minimum absolute atomic E-state index is 0.0520. The molecule has 0 fully saturated rings. The molecule has 140 valence electrons. The second-order valence-electron chi connectivity index (χ2n) is 7.59. The monoisotopic (exact) mass is 383 g/mol. The van der Waals surface area contributed by atoms with Crippen LogP contribution in [0.15, 0.2) is 42.7 Å². The fourth-order valence-electron chi connectivity index (χ4n) is 3.60. The molecule has 0 aliphatic heterocycles. The Morgan fingerprint density at radius 1 is 1.19 bits per heavy atom.